The molecule has 0 bridgehead atoms. The van der Waals surface area contributed by atoms with Crippen LogP contribution in [0.3, 0.4) is 0 Å². The third-order valence-electron chi connectivity index (χ3n) is 4.57. The van der Waals surface area contributed by atoms with Crippen molar-refractivity contribution >= 4 is 5.91 Å². The summed E-state index contributed by atoms with van der Waals surface area (Å²) >= 11 is 0. The average molecular weight is 253 g/mol. The monoisotopic (exact) mass is 253 g/mol. The predicted octanol–water partition coefficient (Wildman–Crippen LogP) is 0.962. The standard InChI is InChI=1S/C14H27N3O/c1-2-17-7-6-11(10-17)9-16-14(18)8-12-4-3-5-13(12)15/h11-13H,2-10,15H2,1H3,(H,16,18)/t11?,12-,13+/m0/s1. The Bertz CT molecular complexity index is 282. The van der Waals surface area contributed by atoms with Crippen molar-refractivity contribution in [2.45, 2.75) is 45.1 Å². The number of nitrogens with two attached hydrogens (primary N) is 1. The zero-order chi connectivity index (χ0) is 13.0. The molecular formula is C14H27N3O. The van der Waals surface area contributed by atoms with Crippen molar-refractivity contribution in [2.75, 3.05) is 26.2 Å². The van der Waals surface area contributed by atoms with E-state index in [0.29, 0.717) is 18.3 Å². The first-order chi connectivity index (χ1) is 8.69. The topological polar surface area (TPSA) is 58.4 Å². The molecule has 1 aliphatic heterocycles. The van der Waals surface area contributed by atoms with Crippen LogP contribution in [0.2, 0.25) is 0 Å². The Hall–Kier alpha value is -0.610. The highest BCUT2D eigenvalue weighted by Gasteiger charge is 2.27. The van der Waals surface area contributed by atoms with Crippen molar-refractivity contribution in [3.8, 4) is 0 Å². The van der Waals surface area contributed by atoms with Gasteiger partial charge >= 0.3 is 0 Å². The summed E-state index contributed by atoms with van der Waals surface area (Å²) < 4.78 is 0. The molecule has 4 heteroatoms. The first-order valence-electron chi connectivity index (χ1n) is 7.43. The molecule has 2 fully saturated rings. The summed E-state index contributed by atoms with van der Waals surface area (Å²) in [6.07, 6.45) is 5.25. The second-order valence-corrected chi connectivity index (χ2v) is 5.91. The van der Waals surface area contributed by atoms with E-state index in [1.807, 2.05) is 0 Å². The Morgan fingerprint density at radius 3 is 2.83 bits per heavy atom. The highest BCUT2D eigenvalue weighted by Crippen LogP contribution is 2.26. The number of nitrogens with zero attached hydrogens (tertiary/aromatic N) is 1. The summed E-state index contributed by atoms with van der Waals surface area (Å²) in [6.45, 7) is 6.49. The molecule has 4 nitrogen and oxygen atoms in total. The van der Waals surface area contributed by atoms with Crippen LogP contribution in [0.4, 0.5) is 0 Å². The molecule has 1 aliphatic carbocycles. The second kappa shape index (κ2) is 6.53. The third kappa shape index (κ3) is 3.69. The summed E-state index contributed by atoms with van der Waals surface area (Å²) in [5.74, 6) is 1.26. The molecule has 1 amide bonds. The number of carbonyl (C=O) groups is 1. The quantitative estimate of drug-likeness (QED) is 0.767. The van der Waals surface area contributed by atoms with E-state index in [4.69, 9.17) is 5.73 Å². The maximum Gasteiger partial charge on any atom is 0.220 e. The summed E-state index contributed by atoms with van der Waals surface area (Å²) in [4.78, 5) is 14.3. The minimum Gasteiger partial charge on any atom is -0.356 e. The SMILES string of the molecule is CCN1CCC(CNC(=O)C[C@@H]2CCC[C@H]2N)C1. The molecule has 3 atom stereocenters. The Balaban J connectivity index is 1.63. The molecule has 18 heavy (non-hydrogen) atoms. The lowest BCUT2D eigenvalue weighted by atomic mass is 9.99. The minimum atomic E-state index is 0.201. The van der Waals surface area contributed by atoms with Gasteiger partial charge < -0.3 is 16.0 Å². The van der Waals surface area contributed by atoms with E-state index in [1.165, 1.54) is 19.4 Å². The van der Waals surface area contributed by atoms with Gasteiger partial charge in [-0.25, -0.2) is 0 Å². The van der Waals surface area contributed by atoms with Crippen molar-refractivity contribution in [3.63, 3.8) is 0 Å². The van der Waals surface area contributed by atoms with Gasteiger partial charge in [-0.2, -0.15) is 0 Å². The highest BCUT2D eigenvalue weighted by atomic mass is 16.1. The minimum absolute atomic E-state index is 0.201. The number of hydrogen-bond donors (Lipinski definition) is 2. The maximum atomic E-state index is 11.9. The molecule has 1 saturated heterocycles. The van der Waals surface area contributed by atoms with Crippen molar-refractivity contribution in [2.24, 2.45) is 17.6 Å². The van der Waals surface area contributed by atoms with Gasteiger partial charge in [-0.15, -0.1) is 0 Å². The molecule has 0 aromatic heterocycles. The molecule has 0 radical (unpaired) electrons. The zero-order valence-electron chi connectivity index (χ0n) is 11.5. The van der Waals surface area contributed by atoms with Crippen LogP contribution in [0.25, 0.3) is 0 Å². The molecule has 0 aromatic rings. The molecular weight excluding hydrogens is 226 g/mol. The van der Waals surface area contributed by atoms with E-state index < -0.39 is 0 Å². The van der Waals surface area contributed by atoms with Gasteiger partial charge in [-0.1, -0.05) is 13.3 Å². The fourth-order valence-corrected chi connectivity index (χ4v) is 3.25. The Kier molecular flexibility index (Phi) is 5.01. The number of hydrogen-bond acceptors (Lipinski definition) is 3. The molecule has 1 saturated carbocycles. The molecule has 104 valence electrons. The molecule has 0 spiro atoms. The van der Waals surface area contributed by atoms with Crippen LogP contribution in [0.5, 0.6) is 0 Å². The summed E-state index contributed by atoms with van der Waals surface area (Å²) in [5.41, 5.74) is 6.00. The van der Waals surface area contributed by atoms with Gasteiger partial charge in [0, 0.05) is 25.6 Å². The van der Waals surface area contributed by atoms with Crippen LogP contribution in [0.1, 0.15) is 39.0 Å². The van der Waals surface area contributed by atoms with E-state index in [-0.39, 0.29) is 11.9 Å². The van der Waals surface area contributed by atoms with Crippen molar-refractivity contribution in [1.29, 1.82) is 0 Å². The van der Waals surface area contributed by atoms with Crippen LogP contribution in [-0.2, 0) is 4.79 Å². The molecule has 0 aromatic carbocycles. The van der Waals surface area contributed by atoms with Gasteiger partial charge in [0.15, 0.2) is 0 Å². The smallest absolute Gasteiger partial charge is 0.220 e. The first kappa shape index (κ1) is 13.8. The lowest BCUT2D eigenvalue weighted by molar-refractivity contribution is -0.122. The molecule has 2 aliphatic rings. The second-order valence-electron chi connectivity index (χ2n) is 5.91. The van der Waals surface area contributed by atoms with E-state index in [2.05, 4.69) is 17.1 Å². The average Bonchev–Trinajstić information content (AvgIpc) is 2.97. The van der Waals surface area contributed by atoms with Crippen molar-refractivity contribution in [1.82, 2.24) is 10.2 Å². The lowest BCUT2D eigenvalue weighted by Crippen LogP contribution is -2.34. The zero-order valence-corrected chi connectivity index (χ0v) is 11.5. The molecule has 2 rings (SSSR count). The Morgan fingerprint density at radius 2 is 2.22 bits per heavy atom. The number of rotatable bonds is 5. The van der Waals surface area contributed by atoms with Crippen LogP contribution < -0.4 is 11.1 Å². The van der Waals surface area contributed by atoms with Crippen molar-refractivity contribution in [3.05, 3.63) is 0 Å². The van der Waals surface area contributed by atoms with Crippen molar-refractivity contribution < 1.29 is 4.79 Å². The Morgan fingerprint density at radius 1 is 1.39 bits per heavy atom. The fourth-order valence-electron chi connectivity index (χ4n) is 3.25. The number of amides is 1. The molecule has 1 heterocycles. The van der Waals surface area contributed by atoms with Crippen LogP contribution in [-0.4, -0.2) is 43.0 Å². The van der Waals surface area contributed by atoms with Crippen LogP contribution in [0.15, 0.2) is 0 Å². The van der Waals surface area contributed by atoms with Gasteiger partial charge in [0.25, 0.3) is 0 Å². The summed E-state index contributed by atoms with van der Waals surface area (Å²) in [6, 6.07) is 0.248. The Labute approximate surface area is 110 Å². The van der Waals surface area contributed by atoms with E-state index in [0.717, 1.165) is 32.5 Å². The van der Waals surface area contributed by atoms with Crippen LogP contribution >= 0.6 is 0 Å². The number of likely N-dealkylation sites (tertiary alicyclic amines) is 1. The van der Waals surface area contributed by atoms with E-state index in [1.54, 1.807) is 0 Å². The highest BCUT2D eigenvalue weighted by molar-refractivity contribution is 5.76. The van der Waals surface area contributed by atoms with Crippen LogP contribution in [0, 0.1) is 11.8 Å². The molecule has 3 N–H and O–H groups in total. The molecule has 1 unspecified atom stereocenters. The number of carbonyl (C=O) groups excluding carboxylic acids is 1. The summed E-state index contributed by atoms with van der Waals surface area (Å²) in [7, 11) is 0. The first-order valence-corrected chi connectivity index (χ1v) is 7.43. The normalized spacial score (nSPS) is 32.9. The number of nitrogens with one attached hydrogen (secondary N) is 1. The maximum absolute atomic E-state index is 11.9. The van der Waals surface area contributed by atoms with Gasteiger partial charge in [-0.3, -0.25) is 4.79 Å². The van der Waals surface area contributed by atoms with Gasteiger partial charge in [0.05, 0.1) is 0 Å². The summed E-state index contributed by atoms with van der Waals surface area (Å²) in [5, 5.41) is 3.10. The van der Waals surface area contributed by atoms with E-state index in [9.17, 15) is 4.79 Å². The third-order valence-corrected chi connectivity index (χ3v) is 4.57. The van der Waals surface area contributed by atoms with Gasteiger partial charge in [-0.05, 0) is 44.2 Å². The van der Waals surface area contributed by atoms with Gasteiger partial charge in [0.1, 0.15) is 0 Å². The fraction of sp³-hybridized carbons (Fsp3) is 0.929. The lowest BCUT2D eigenvalue weighted by Gasteiger charge is -2.17. The largest absolute Gasteiger partial charge is 0.356 e. The van der Waals surface area contributed by atoms with E-state index >= 15 is 0 Å². The van der Waals surface area contributed by atoms with Gasteiger partial charge in [0.2, 0.25) is 5.91 Å². The predicted molar refractivity (Wildman–Crippen MR) is 73.2 cm³/mol.